The second-order valence-electron chi connectivity index (χ2n) is 7.34. The van der Waals surface area contributed by atoms with Gasteiger partial charge in [-0.25, -0.2) is 0 Å². The normalized spacial score (nSPS) is 32.0. The highest BCUT2D eigenvalue weighted by molar-refractivity contribution is 5.91. The van der Waals surface area contributed by atoms with Crippen LogP contribution in [-0.4, -0.2) is 29.1 Å². The quantitative estimate of drug-likeness (QED) is 0.846. The van der Waals surface area contributed by atoms with Crippen LogP contribution < -0.4 is 5.32 Å². The summed E-state index contributed by atoms with van der Waals surface area (Å²) in [5.74, 6) is 0.401. The minimum absolute atomic E-state index is 0.134. The lowest BCUT2D eigenvalue weighted by molar-refractivity contribution is -0.132. The van der Waals surface area contributed by atoms with E-state index in [4.69, 9.17) is 0 Å². The second kappa shape index (κ2) is 4.76. The summed E-state index contributed by atoms with van der Waals surface area (Å²) >= 11 is 0. The Bertz CT molecular complexity index is 356. The summed E-state index contributed by atoms with van der Waals surface area (Å²) in [7, 11) is 0. The summed E-state index contributed by atoms with van der Waals surface area (Å²) < 4.78 is 0. The van der Waals surface area contributed by atoms with Crippen LogP contribution in [0.5, 0.6) is 0 Å². The van der Waals surface area contributed by atoms with E-state index in [9.17, 15) is 4.79 Å². The number of nitrogens with zero attached hydrogens (tertiary/aromatic N) is 1. The minimum Gasteiger partial charge on any atom is -0.325 e. The monoisotopic (exact) mass is 264 g/mol. The second-order valence-corrected chi connectivity index (χ2v) is 7.34. The Kier molecular flexibility index (Phi) is 3.36. The molecule has 1 aliphatic heterocycles. The van der Waals surface area contributed by atoms with E-state index < -0.39 is 0 Å². The van der Waals surface area contributed by atoms with Crippen LogP contribution >= 0.6 is 0 Å². The molecule has 3 nitrogen and oxygen atoms in total. The molecule has 19 heavy (non-hydrogen) atoms. The van der Waals surface area contributed by atoms with Crippen molar-refractivity contribution in [2.24, 2.45) is 5.41 Å². The van der Waals surface area contributed by atoms with E-state index in [0.717, 1.165) is 32.2 Å². The van der Waals surface area contributed by atoms with Gasteiger partial charge in [-0.15, -0.1) is 0 Å². The summed E-state index contributed by atoms with van der Waals surface area (Å²) in [6.45, 7) is 5.58. The van der Waals surface area contributed by atoms with Gasteiger partial charge in [0.2, 0.25) is 5.91 Å². The molecular weight excluding hydrogens is 236 g/mol. The molecule has 3 fully saturated rings. The van der Waals surface area contributed by atoms with Crippen molar-refractivity contribution in [2.45, 2.75) is 83.3 Å². The van der Waals surface area contributed by atoms with Gasteiger partial charge in [-0.05, 0) is 37.5 Å². The topological polar surface area (TPSA) is 32.3 Å². The van der Waals surface area contributed by atoms with E-state index in [0.29, 0.717) is 17.5 Å². The molecule has 0 aromatic carbocycles. The molecule has 0 aromatic rings. The first-order chi connectivity index (χ1) is 9.09. The van der Waals surface area contributed by atoms with Crippen LogP contribution in [-0.2, 0) is 4.79 Å². The van der Waals surface area contributed by atoms with Gasteiger partial charge in [-0.2, -0.15) is 0 Å². The molecule has 1 spiro atoms. The van der Waals surface area contributed by atoms with Gasteiger partial charge in [-0.1, -0.05) is 39.5 Å². The number of hydrogen-bond acceptors (Lipinski definition) is 2. The van der Waals surface area contributed by atoms with Crippen LogP contribution in [0.15, 0.2) is 0 Å². The molecule has 0 radical (unpaired) electrons. The van der Waals surface area contributed by atoms with Crippen molar-refractivity contribution in [1.29, 1.82) is 0 Å². The number of carbonyl (C=O) groups is 1. The molecule has 1 amide bonds. The number of amides is 1. The highest BCUT2D eigenvalue weighted by atomic mass is 16.2. The zero-order valence-corrected chi connectivity index (χ0v) is 12.5. The molecule has 1 atom stereocenters. The van der Waals surface area contributed by atoms with Crippen molar-refractivity contribution < 1.29 is 4.79 Å². The van der Waals surface area contributed by atoms with E-state index in [2.05, 4.69) is 24.1 Å². The molecule has 3 heteroatoms. The first-order valence-electron chi connectivity index (χ1n) is 8.17. The van der Waals surface area contributed by atoms with Gasteiger partial charge in [0, 0.05) is 6.54 Å². The van der Waals surface area contributed by atoms with Gasteiger partial charge in [0.05, 0.1) is 11.7 Å². The maximum absolute atomic E-state index is 12.7. The van der Waals surface area contributed by atoms with Crippen LogP contribution in [0, 0.1) is 5.41 Å². The maximum Gasteiger partial charge on any atom is 0.244 e. The van der Waals surface area contributed by atoms with E-state index in [1.807, 2.05) is 0 Å². The zero-order valence-electron chi connectivity index (χ0n) is 12.5. The van der Waals surface area contributed by atoms with Gasteiger partial charge >= 0.3 is 0 Å². The first kappa shape index (κ1) is 13.4. The van der Waals surface area contributed by atoms with Crippen molar-refractivity contribution >= 4 is 5.91 Å². The molecule has 1 unspecified atom stereocenters. The Balaban J connectivity index is 1.71. The van der Waals surface area contributed by atoms with Crippen LogP contribution in [0.25, 0.3) is 0 Å². The fraction of sp³-hybridized carbons (Fsp3) is 0.938. The SMILES string of the molecule is CCCC1NC2(CC2)C(=O)N1CC1(C)CCCCC1. The smallest absolute Gasteiger partial charge is 0.244 e. The number of carbonyl (C=O) groups excluding carboxylic acids is 1. The van der Waals surface area contributed by atoms with Crippen molar-refractivity contribution in [3.63, 3.8) is 0 Å². The molecule has 1 N–H and O–H groups in total. The highest BCUT2D eigenvalue weighted by Crippen LogP contribution is 2.45. The Morgan fingerprint density at radius 2 is 1.89 bits per heavy atom. The molecule has 3 aliphatic rings. The molecule has 2 aliphatic carbocycles. The number of rotatable bonds is 4. The Morgan fingerprint density at radius 1 is 1.21 bits per heavy atom. The summed E-state index contributed by atoms with van der Waals surface area (Å²) in [4.78, 5) is 14.9. The van der Waals surface area contributed by atoms with E-state index >= 15 is 0 Å². The largest absolute Gasteiger partial charge is 0.325 e. The van der Waals surface area contributed by atoms with Crippen molar-refractivity contribution in [2.75, 3.05) is 6.54 Å². The third-order valence-corrected chi connectivity index (χ3v) is 5.41. The van der Waals surface area contributed by atoms with Gasteiger partial charge in [0.15, 0.2) is 0 Å². The number of nitrogens with one attached hydrogen (secondary N) is 1. The average Bonchev–Trinajstić information content (AvgIpc) is 3.12. The Hall–Kier alpha value is -0.570. The third-order valence-electron chi connectivity index (χ3n) is 5.41. The third kappa shape index (κ3) is 2.42. The van der Waals surface area contributed by atoms with E-state index in [1.54, 1.807) is 0 Å². The van der Waals surface area contributed by atoms with Crippen molar-refractivity contribution in [3.05, 3.63) is 0 Å². The van der Waals surface area contributed by atoms with Crippen molar-refractivity contribution in [3.8, 4) is 0 Å². The summed E-state index contributed by atoms with van der Waals surface area (Å²) in [5.41, 5.74) is 0.229. The standard InChI is InChI=1S/C16H28N2O/c1-3-7-13-17-16(10-11-16)14(19)18(13)12-15(2)8-5-4-6-9-15/h13,17H,3-12H2,1-2H3. The molecule has 2 saturated carbocycles. The lowest BCUT2D eigenvalue weighted by atomic mass is 9.75. The fourth-order valence-corrected chi connectivity index (χ4v) is 4.02. The molecule has 0 bridgehead atoms. The maximum atomic E-state index is 12.7. The average molecular weight is 264 g/mol. The number of hydrogen-bond donors (Lipinski definition) is 1. The summed E-state index contributed by atoms with van der Waals surface area (Å²) in [5, 5.41) is 3.63. The van der Waals surface area contributed by atoms with Gasteiger partial charge in [-0.3, -0.25) is 10.1 Å². The van der Waals surface area contributed by atoms with Crippen molar-refractivity contribution in [1.82, 2.24) is 10.2 Å². The first-order valence-corrected chi connectivity index (χ1v) is 8.17. The lowest BCUT2D eigenvalue weighted by Gasteiger charge is -2.38. The molecule has 108 valence electrons. The predicted molar refractivity (Wildman–Crippen MR) is 76.7 cm³/mol. The van der Waals surface area contributed by atoms with E-state index in [-0.39, 0.29) is 5.54 Å². The van der Waals surface area contributed by atoms with Crippen LogP contribution in [0.2, 0.25) is 0 Å². The van der Waals surface area contributed by atoms with Crippen LogP contribution in [0.4, 0.5) is 0 Å². The Labute approximate surface area is 117 Å². The highest BCUT2D eigenvalue weighted by Gasteiger charge is 2.59. The van der Waals surface area contributed by atoms with Gasteiger partial charge in [0.25, 0.3) is 0 Å². The molecule has 3 rings (SSSR count). The zero-order chi connectivity index (χ0) is 13.5. The van der Waals surface area contributed by atoms with Crippen LogP contribution in [0.3, 0.4) is 0 Å². The fourth-order valence-electron chi connectivity index (χ4n) is 4.02. The Morgan fingerprint density at radius 3 is 2.47 bits per heavy atom. The lowest BCUT2D eigenvalue weighted by Crippen LogP contribution is -2.44. The molecular formula is C16H28N2O. The summed E-state index contributed by atoms with van der Waals surface area (Å²) in [6.07, 6.45) is 11.3. The van der Waals surface area contributed by atoms with Gasteiger partial charge < -0.3 is 4.90 Å². The predicted octanol–water partition coefficient (Wildman–Crippen LogP) is 3.05. The molecule has 1 heterocycles. The molecule has 0 aromatic heterocycles. The minimum atomic E-state index is -0.134. The van der Waals surface area contributed by atoms with E-state index in [1.165, 1.54) is 32.1 Å². The van der Waals surface area contributed by atoms with Crippen LogP contribution in [0.1, 0.15) is 71.6 Å². The summed E-state index contributed by atoms with van der Waals surface area (Å²) in [6, 6.07) is 0. The van der Waals surface area contributed by atoms with Gasteiger partial charge in [0.1, 0.15) is 0 Å². The molecule has 1 saturated heterocycles.